The zero-order valence-electron chi connectivity index (χ0n) is 13.7. The zero-order chi connectivity index (χ0) is 20.2. The van der Waals surface area contributed by atoms with Crippen LogP contribution < -0.4 is 9.47 Å². The summed E-state index contributed by atoms with van der Waals surface area (Å²) in [6.45, 7) is 0. The van der Waals surface area contributed by atoms with Gasteiger partial charge in [-0.3, -0.25) is 14.9 Å². The Balaban J connectivity index is 2.21. The lowest BCUT2D eigenvalue weighted by molar-refractivity contribution is -0.386. The molecule has 0 aliphatic carbocycles. The molecule has 2 rings (SSSR count). The number of rotatable bonds is 6. The van der Waals surface area contributed by atoms with Crippen LogP contribution in [0.15, 0.2) is 42.5 Å². The fourth-order valence-electron chi connectivity index (χ4n) is 2.09. The lowest BCUT2D eigenvalue weighted by atomic mass is 10.1. The first-order valence-electron chi connectivity index (χ1n) is 7.24. The Labute approximate surface area is 150 Å². The van der Waals surface area contributed by atoms with Crippen LogP contribution in [0.3, 0.4) is 0 Å². The Morgan fingerprint density at radius 2 is 1.85 bits per heavy atom. The SMILES string of the molecule is COc1cc(/C=C/C(=O)c2ccc(OC(F)(F)F)cc2)cc([N+](=O)[O-])c1O. The van der Waals surface area contributed by atoms with E-state index in [4.69, 9.17) is 4.74 Å². The normalized spacial score (nSPS) is 11.4. The molecule has 10 heteroatoms. The number of carbonyl (C=O) groups is 1. The van der Waals surface area contributed by atoms with E-state index in [1.165, 1.54) is 19.3 Å². The Bertz CT molecular complexity index is 891. The average molecular weight is 383 g/mol. The average Bonchev–Trinajstić information content (AvgIpc) is 2.59. The maximum atomic E-state index is 12.1. The largest absolute Gasteiger partial charge is 0.573 e. The van der Waals surface area contributed by atoms with Crippen molar-refractivity contribution in [1.82, 2.24) is 0 Å². The maximum Gasteiger partial charge on any atom is 0.573 e. The number of phenolic OH excluding ortho intramolecular Hbond substituents is 1. The molecule has 0 heterocycles. The highest BCUT2D eigenvalue weighted by molar-refractivity contribution is 6.06. The fourth-order valence-corrected chi connectivity index (χ4v) is 2.09. The van der Waals surface area contributed by atoms with E-state index in [-0.39, 0.29) is 16.9 Å². The molecule has 0 fully saturated rings. The number of carbonyl (C=O) groups excluding carboxylic acids is 1. The first kappa shape index (κ1) is 19.8. The summed E-state index contributed by atoms with van der Waals surface area (Å²) in [6, 6.07) is 6.60. The summed E-state index contributed by atoms with van der Waals surface area (Å²) in [6.07, 6.45) is -2.51. The number of hydrogen-bond donors (Lipinski definition) is 1. The Morgan fingerprint density at radius 3 is 2.37 bits per heavy atom. The van der Waals surface area contributed by atoms with Gasteiger partial charge in [-0.05, 0) is 42.0 Å². The summed E-state index contributed by atoms with van der Waals surface area (Å²) in [4.78, 5) is 22.2. The third-order valence-corrected chi connectivity index (χ3v) is 3.29. The molecule has 0 atom stereocenters. The number of hydrogen-bond acceptors (Lipinski definition) is 6. The Hall–Kier alpha value is -3.56. The molecule has 0 aliphatic heterocycles. The third kappa shape index (κ3) is 5.21. The van der Waals surface area contributed by atoms with E-state index in [1.807, 2.05) is 0 Å². The predicted molar refractivity (Wildman–Crippen MR) is 87.8 cm³/mol. The summed E-state index contributed by atoms with van der Waals surface area (Å²) >= 11 is 0. The van der Waals surface area contributed by atoms with Crippen molar-refractivity contribution in [3.05, 3.63) is 63.7 Å². The van der Waals surface area contributed by atoms with Crippen molar-refractivity contribution in [2.75, 3.05) is 7.11 Å². The molecule has 0 radical (unpaired) electrons. The molecule has 0 saturated carbocycles. The van der Waals surface area contributed by atoms with Crippen LogP contribution in [0, 0.1) is 10.1 Å². The highest BCUT2D eigenvalue weighted by Crippen LogP contribution is 2.37. The number of phenols is 1. The summed E-state index contributed by atoms with van der Waals surface area (Å²) in [5.41, 5.74) is -0.308. The van der Waals surface area contributed by atoms with E-state index in [2.05, 4.69) is 4.74 Å². The van der Waals surface area contributed by atoms with E-state index in [0.717, 1.165) is 36.4 Å². The van der Waals surface area contributed by atoms with Gasteiger partial charge in [-0.15, -0.1) is 13.2 Å². The molecule has 2 aromatic carbocycles. The minimum absolute atomic E-state index is 0.0843. The van der Waals surface area contributed by atoms with Gasteiger partial charge in [-0.1, -0.05) is 6.08 Å². The molecule has 0 aromatic heterocycles. The van der Waals surface area contributed by atoms with Crippen molar-refractivity contribution in [3.8, 4) is 17.2 Å². The van der Waals surface area contributed by atoms with E-state index in [1.54, 1.807) is 0 Å². The molecular weight excluding hydrogens is 371 g/mol. The molecule has 0 spiro atoms. The van der Waals surface area contributed by atoms with E-state index < -0.39 is 34.3 Å². The van der Waals surface area contributed by atoms with Crippen LogP contribution in [-0.2, 0) is 0 Å². The topological polar surface area (TPSA) is 98.9 Å². The van der Waals surface area contributed by atoms with Crippen LogP contribution >= 0.6 is 0 Å². The summed E-state index contributed by atoms with van der Waals surface area (Å²) in [7, 11) is 1.21. The smallest absolute Gasteiger partial charge is 0.500 e. The Morgan fingerprint density at radius 1 is 1.22 bits per heavy atom. The van der Waals surface area contributed by atoms with Gasteiger partial charge in [0.1, 0.15) is 5.75 Å². The first-order chi connectivity index (χ1) is 12.6. The molecular formula is C17H12F3NO6. The van der Waals surface area contributed by atoms with Crippen molar-refractivity contribution >= 4 is 17.5 Å². The molecule has 0 bridgehead atoms. The number of nitrogens with zero attached hydrogens (tertiary/aromatic N) is 1. The molecule has 0 unspecified atom stereocenters. The van der Waals surface area contributed by atoms with E-state index in [9.17, 15) is 33.2 Å². The number of benzene rings is 2. The third-order valence-electron chi connectivity index (χ3n) is 3.29. The van der Waals surface area contributed by atoms with Crippen LogP contribution in [0.4, 0.5) is 18.9 Å². The number of aromatic hydroxyl groups is 1. The van der Waals surface area contributed by atoms with Gasteiger partial charge in [0.25, 0.3) is 0 Å². The number of halogens is 3. The van der Waals surface area contributed by atoms with Gasteiger partial charge in [0.2, 0.25) is 5.75 Å². The molecule has 2 aromatic rings. The van der Waals surface area contributed by atoms with Crippen molar-refractivity contribution < 1.29 is 37.5 Å². The number of nitro groups is 1. The van der Waals surface area contributed by atoms with Crippen LogP contribution in [0.1, 0.15) is 15.9 Å². The van der Waals surface area contributed by atoms with Gasteiger partial charge in [0, 0.05) is 11.6 Å². The number of allylic oxidation sites excluding steroid dienone is 1. The van der Waals surface area contributed by atoms with E-state index >= 15 is 0 Å². The summed E-state index contributed by atoms with van der Waals surface area (Å²) < 4.78 is 44.9. The molecule has 0 amide bonds. The Kier molecular flexibility index (Phi) is 5.69. The summed E-state index contributed by atoms with van der Waals surface area (Å²) in [5.74, 6) is -1.82. The maximum absolute atomic E-state index is 12.1. The second-order valence-electron chi connectivity index (χ2n) is 5.12. The number of alkyl halides is 3. The van der Waals surface area contributed by atoms with Crippen molar-refractivity contribution in [3.63, 3.8) is 0 Å². The lowest BCUT2D eigenvalue weighted by Crippen LogP contribution is -2.17. The second-order valence-corrected chi connectivity index (χ2v) is 5.12. The van der Waals surface area contributed by atoms with Gasteiger partial charge in [0.05, 0.1) is 12.0 Å². The van der Waals surface area contributed by atoms with Crippen molar-refractivity contribution in [2.45, 2.75) is 6.36 Å². The van der Waals surface area contributed by atoms with Gasteiger partial charge in [0.15, 0.2) is 11.5 Å². The number of methoxy groups -OCH3 is 1. The van der Waals surface area contributed by atoms with Crippen LogP contribution in [0.5, 0.6) is 17.2 Å². The molecule has 1 N–H and O–H groups in total. The van der Waals surface area contributed by atoms with Crippen molar-refractivity contribution in [1.29, 1.82) is 0 Å². The molecule has 142 valence electrons. The lowest BCUT2D eigenvalue weighted by Gasteiger charge is -2.08. The van der Waals surface area contributed by atoms with Gasteiger partial charge < -0.3 is 14.6 Å². The van der Waals surface area contributed by atoms with Gasteiger partial charge in [-0.25, -0.2) is 0 Å². The van der Waals surface area contributed by atoms with Crippen LogP contribution in [0.2, 0.25) is 0 Å². The quantitative estimate of drug-likeness (QED) is 0.349. The predicted octanol–water partition coefficient (Wildman–Crippen LogP) is 4.10. The van der Waals surface area contributed by atoms with E-state index in [0.29, 0.717) is 0 Å². The monoisotopic (exact) mass is 383 g/mol. The standard InChI is InChI=1S/C17H12F3NO6/c1-26-15-9-10(8-13(16(15)23)21(24)25)2-7-14(22)11-3-5-12(6-4-11)27-17(18,19)20/h2-9,23H,1H3/b7-2+. The van der Waals surface area contributed by atoms with Crippen LogP contribution in [0.25, 0.3) is 6.08 Å². The van der Waals surface area contributed by atoms with Crippen LogP contribution in [-0.4, -0.2) is 29.3 Å². The number of ether oxygens (including phenoxy) is 2. The van der Waals surface area contributed by atoms with Gasteiger partial charge in [-0.2, -0.15) is 0 Å². The number of ketones is 1. The molecule has 7 nitrogen and oxygen atoms in total. The highest BCUT2D eigenvalue weighted by Gasteiger charge is 2.31. The zero-order valence-corrected chi connectivity index (χ0v) is 13.7. The minimum atomic E-state index is -4.84. The number of nitro benzene ring substituents is 1. The minimum Gasteiger partial charge on any atom is -0.500 e. The fraction of sp³-hybridized carbons (Fsp3) is 0.118. The first-order valence-corrected chi connectivity index (χ1v) is 7.24. The molecule has 27 heavy (non-hydrogen) atoms. The van der Waals surface area contributed by atoms with Crippen molar-refractivity contribution in [2.24, 2.45) is 0 Å². The summed E-state index contributed by atoms with van der Waals surface area (Å²) in [5, 5.41) is 20.6. The molecule has 0 saturated heterocycles. The second kappa shape index (κ2) is 7.77. The highest BCUT2D eigenvalue weighted by atomic mass is 19.4. The van der Waals surface area contributed by atoms with Gasteiger partial charge >= 0.3 is 12.0 Å². The molecule has 0 aliphatic rings.